The molecule has 0 aliphatic rings. The topological polar surface area (TPSA) is 163 Å². The van der Waals surface area contributed by atoms with Crippen LogP contribution in [0.15, 0.2) is 0 Å². The van der Waals surface area contributed by atoms with Gasteiger partial charge in [0.15, 0.2) is 0 Å². The first-order valence-electron chi connectivity index (χ1n) is 1.55. The first-order chi connectivity index (χ1) is 5.20. The second kappa shape index (κ2) is 18.4. The van der Waals surface area contributed by atoms with E-state index in [4.69, 9.17) is 38.9 Å². The Bertz CT molecular complexity index is 208. The first-order valence-corrected chi connectivity index (χ1v) is 4.64. The van der Waals surface area contributed by atoms with Crippen LogP contribution in [0.4, 0.5) is 0 Å². The SMILES string of the molecule is O=[S-](=O)O.O=[S-](=O)O.O=[S-](=O)O.[In+3]. The summed E-state index contributed by atoms with van der Waals surface area (Å²) in [6.45, 7) is 0. The van der Waals surface area contributed by atoms with Crippen LogP contribution in [0, 0.1) is 0 Å². The zero-order valence-electron chi connectivity index (χ0n) is 5.59. The summed E-state index contributed by atoms with van der Waals surface area (Å²) < 4.78 is 72.2. The number of hydrogen-bond donors (Lipinski definition) is 3. The van der Waals surface area contributed by atoms with Crippen molar-refractivity contribution in [2.45, 2.75) is 0 Å². The van der Waals surface area contributed by atoms with E-state index >= 15 is 0 Å². The molecule has 0 heterocycles. The Morgan fingerprint density at radius 2 is 0.538 bits per heavy atom. The van der Waals surface area contributed by atoms with Crippen molar-refractivity contribution in [2.24, 2.45) is 0 Å². The maximum Gasteiger partial charge on any atom is 3.00 e. The Balaban J connectivity index is -0.0000000450. The van der Waals surface area contributed by atoms with Crippen molar-refractivity contribution in [3.63, 3.8) is 0 Å². The van der Waals surface area contributed by atoms with Crippen molar-refractivity contribution < 1.29 is 38.9 Å². The van der Waals surface area contributed by atoms with Gasteiger partial charge in [0.25, 0.3) is 0 Å². The third-order valence-electron chi connectivity index (χ3n) is 0. The predicted octanol–water partition coefficient (Wildman–Crippen LogP) is -1.07. The van der Waals surface area contributed by atoms with Gasteiger partial charge in [-0.1, -0.05) is 0 Å². The smallest absolute Gasteiger partial charge is 0.439 e. The minimum Gasteiger partial charge on any atom is -0.439 e. The molecule has 0 aliphatic heterocycles. The normalized spacial score (nSPS) is 7.85. The van der Waals surface area contributed by atoms with Crippen LogP contribution < -0.4 is 0 Å². The zero-order valence-corrected chi connectivity index (χ0v) is 11.3. The van der Waals surface area contributed by atoms with Crippen LogP contribution >= 0.6 is 0 Å². The minimum absolute atomic E-state index is 0. The third kappa shape index (κ3) is 3930. The maximum absolute atomic E-state index is 8.56. The van der Waals surface area contributed by atoms with Gasteiger partial charge in [0.2, 0.25) is 0 Å². The molecule has 0 aromatic rings. The summed E-state index contributed by atoms with van der Waals surface area (Å²) in [4.78, 5) is 0. The Hall–Kier alpha value is 0.600. The van der Waals surface area contributed by atoms with Gasteiger partial charge in [0.1, 0.15) is 0 Å². The summed E-state index contributed by atoms with van der Waals surface area (Å²) >= 11 is 0. The molecule has 0 aromatic heterocycles. The minimum atomic E-state index is -2.86. The van der Waals surface area contributed by atoms with E-state index in [0.717, 1.165) is 0 Å². The van der Waals surface area contributed by atoms with Crippen molar-refractivity contribution in [2.75, 3.05) is 0 Å². The van der Waals surface area contributed by atoms with Crippen LogP contribution in [0.1, 0.15) is 0 Å². The molecule has 9 nitrogen and oxygen atoms in total. The maximum atomic E-state index is 8.56. The van der Waals surface area contributed by atoms with E-state index < -0.39 is 33.0 Å². The van der Waals surface area contributed by atoms with Crippen molar-refractivity contribution in [1.82, 2.24) is 0 Å². The molecule has 3 N–H and O–H groups in total. The molecule has 0 radical (unpaired) electrons. The molecule has 0 fully saturated rings. The number of hydrogen-bond acceptors (Lipinski definition) is 9. The Kier molecular flexibility index (Phi) is 33.2. The zero-order chi connectivity index (χ0) is 10.7. The summed E-state index contributed by atoms with van der Waals surface area (Å²) in [7, 11) is -8.58. The monoisotopic (exact) mass is 358 g/mol. The molecule has 13 heavy (non-hydrogen) atoms. The fourth-order valence-corrected chi connectivity index (χ4v) is 0. The fourth-order valence-electron chi connectivity index (χ4n) is 0. The summed E-state index contributed by atoms with van der Waals surface area (Å²) in [5.74, 6) is 0. The van der Waals surface area contributed by atoms with E-state index in [2.05, 4.69) is 0 Å². The Morgan fingerprint density at radius 1 is 0.538 bits per heavy atom. The van der Waals surface area contributed by atoms with Gasteiger partial charge in [0, 0.05) is 33.0 Å². The molecular formula is H3InO9S3. The summed E-state index contributed by atoms with van der Waals surface area (Å²) in [6.07, 6.45) is 0. The van der Waals surface area contributed by atoms with E-state index in [1.807, 2.05) is 0 Å². The van der Waals surface area contributed by atoms with E-state index in [9.17, 15) is 0 Å². The van der Waals surface area contributed by atoms with E-state index in [1.54, 1.807) is 0 Å². The molecule has 0 unspecified atom stereocenters. The average Bonchev–Trinajstić information content (AvgIpc) is 1.54. The van der Waals surface area contributed by atoms with Gasteiger partial charge in [-0.25, -0.2) is 0 Å². The van der Waals surface area contributed by atoms with Crippen LogP contribution in [0.25, 0.3) is 0 Å². The van der Waals surface area contributed by atoms with Crippen LogP contribution in [0.3, 0.4) is 0 Å². The van der Waals surface area contributed by atoms with Gasteiger partial charge < -0.3 is 38.9 Å². The van der Waals surface area contributed by atoms with Gasteiger partial charge in [-0.2, -0.15) is 0 Å². The molecule has 0 saturated carbocycles. The van der Waals surface area contributed by atoms with Gasteiger partial charge in [-0.05, 0) is 0 Å². The summed E-state index contributed by atoms with van der Waals surface area (Å²) in [5.41, 5.74) is 0. The van der Waals surface area contributed by atoms with E-state index in [1.165, 1.54) is 0 Å². The van der Waals surface area contributed by atoms with Crippen molar-refractivity contribution in [1.29, 1.82) is 0 Å². The quantitative estimate of drug-likeness (QED) is 0.278. The molecule has 0 atom stereocenters. The molecule has 0 rings (SSSR count). The van der Waals surface area contributed by atoms with Gasteiger partial charge in [0.05, 0.1) is 0 Å². The Morgan fingerprint density at radius 3 is 0.538 bits per heavy atom. The summed E-state index contributed by atoms with van der Waals surface area (Å²) in [6, 6.07) is 0. The van der Waals surface area contributed by atoms with Crippen LogP contribution in [-0.2, 0) is 58.2 Å². The van der Waals surface area contributed by atoms with Crippen molar-refractivity contribution >= 4 is 58.8 Å². The third-order valence-corrected chi connectivity index (χ3v) is 0. The summed E-state index contributed by atoms with van der Waals surface area (Å²) in [5, 5.41) is 0. The van der Waals surface area contributed by atoms with E-state index in [0.29, 0.717) is 0 Å². The van der Waals surface area contributed by atoms with Crippen molar-refractivity contribution in [3.8, 4) is 0 Å². The van der Waals surface area contributed by atoms with Crippen molar-refractivity contribution in [3.05, 3.63) is 0 Å². The molecule has 78 valence electrons. The fraction of sp³-hybridized carbons (Fsp3) is 0. The first kappa shape index (κ1) is 23.4. The average molecular weight is 358 g/mol. The van der Waals surface area contributed by atoms with Gasteiger partial charge in [-0.3, -0.25) is 0 Å². The Labute approximate surface area is 97.3 Å². The van der Waals surface area contributed by atoms with Crippen LogP contribution in [-0.4, -0.2) is 39.5 Å². The van der Waals surface area contributed by atoms with Gasteiger partial charge in [-0.15, -0.1) is 0 Å². The molecule has 0 aliphatic carbocycles. The molecule has 0 spiro atoms. The molecule has 13 heteroatoms. The predicted molar refractivity (Wildman–Crippen MR) is 39.9 cm³/mol. The molecule has 0 amide bonds. The largest absolute Gasteiger partial charge is 3.00 e. The standard InChI is InChI=1S/In.3HO3S/c;3*1-4(2)3/h;3*(H,1,2,3)/q+3;3*-1. The van der Waals surface area contributed by atoms with Crippen LogP contribution in [0.5, 0.6) is 0 Å². The molecule has 0 aromatic carbocycles. The second-order valence-electron chi connectivity index (χ2n) is 0.651. The molecular weight excluding hydrogens is 355 g/mol. The number of rotatable bonds is 0. The second-order valence-corrected chi connectivity index (χ2v) is 1.95. The molecule has 0 bridgehead atoms. The van der Waals surface area contributed by atoms with Crippen LogP contribution in [0.2, 0.25) is 0 Å². The van der Waals surface area contributed by atoms with Gasteiger partial charge >= 0.3 is 25.8 Å². The molecule has 0 saturated heterocycles. The van der Waals surface area contributed by atoms with E-state index in [-0.39, 0.29) is 25.8 Å².